The zero-order valence-electron chi connectivity index (χ0n) is 10.2. The van der Waals surface area contributed by atoms with Gasteiger partial charge in [-0.2, -0.15) is 0 Å². The van der Waals surface area contributed by atoms with Gasteiger partial charge in [-0.1, -0.05) is 0 Å². The minimum Gasteiger partial charge on any atom is -0.477 e. The monoisotopic (exact) mass is 257 g/mol. The molecule has 3 aromatic heterocycles. The summed E-state index contributed by atoms with van der Waals surface area (Å²) in [5, 5.41) is 10.4. The van der Waals surface area contributed by atoms with Gasteiger partial charge in [0.1, 0.15) is 5.69 Å². The molecule has 6 heteroatoms. The van der Waals surface area contributed by atoms with E-state index in [2.05, 4.69) is 9.97 Å². The van der Waals surface area contributed by atoms with Crippen LogP contribution in [0.4, 0.5) is 0 Å². The van der Waals surface area contributed by atoms with Gasteiger partial charge in [-0.15, -0.1) is 0 Å². The second-order valence-electron chi connectivity index (χ2n) is 4.22. The Hall–Kier alpha value is -2.63. The number of aryl methyl sites for hydroxylation is 1. The van der Waals surface area contributed by atoms with Crippen LogP contribution in [-0.2, 0) is 6.54 Å². The van der Waals surface area contributed by atoms with Crippen molar-refractivity contribution in [3.05, 3.63) is 40.6 Å². The van der Waals surface area contributed by atoms with Crippen LogP contribution in [0.25, 0.3) is 21.8 Å². The molecule has 0 bridgehead atoms. The summed E-state index contributed by atoms with van der Waals surface area (Å²) in [6, 6.07) is 3.22. The Morgan fingerprint density at radius 1 is 1.47 bits per heavy atom. The van der Waals surface area contributed by atoms with Gasteiger partial charge in [-0.05, 0) is 19.1 Å². The molecular weight excluding hydrogens is 246 g/mol. The van der Waals surface area contributed by atoms with E-state index in [4.69, 9.17) is 0 Å². The smallest absolute Gasteiger partial charge is 0.352 e. The van der Waals surface area contributed by atoms with Crippen molar-refractivity contribution in [2.24, 2.45) is 0 Å². The number of H-pyrrole nitrogens is 1. The SMILES string of the molecule is CCn1c(C(=O)O)cc2[nH]c(=O)c3cnccc3c21. The predicted molar refractivity (Wildman–Crippen MR) is 70.5 cm³/mol. The summed E-state index contributed by atoms with van der Waals surface area (Å²) in [7, 11) is 0. The maximum Gasteiger partial charge on any atom is 0.352 e. The van der Waals surface area contributed by atoms with Gasteiger partial charge in [0.25, 0.3) is 5.56 Å². The molecule has 3 heterocycles. The second-order valence-corrected chi connectivity index (χ2v) is 4.22. The van der Waals surface area contributed by atoms with Crippen LogP contribution in [0.1, 0.15) is 17.4 Å². The number of nitrogens with zero attached hydrogens (tertiary/aromatic N) is 2. The van der Waals surface area contributed by atoms with Gasteiger partial charge in [0.05, 0.1) is 16.4 Å². The van der Waals surface area contributed by atoms with E-state index in [1.54, 1.807) is 16.8 Å². The van der Waals surface area contributed by atoms with Crippen molar-refractivity contribution in [3.8, 4) is 0 Å². The van der Waals surface area contributed by atoms with E-state index in [9.17, 15) is 14.7 Å². The first-order chi connectivity index (χ1) is 9.13. The third-order valence-corrected chi connectivity index (χ3v) is 3.20. The number of pyridine rings is 2. The lowest BCUT2D eigenvalue weighted by Gasteiger charge is -2.06. The number of hydrogen-bond acceptors (Lipinski definition) is 3. The lowest BCUT2D eigenvalue weighted by molar-refractivity contribution is 0.0686. The quantitative estimate of drug-likeness (QED) is 0.729. The summed E-state index contributed by atoms with van der Waals surface area (Å²) >= 11 is 0. The Morgan fingerprint density at radius 2 is 2.26 bits per heavy atom. The molecule has 0 aliphatic heterocycles. The Labute approximate surface area is 107 Å². The van der Waals surface area contributed by atoms with Gasteiger partial charge in [0, 0.05) is 24.3 Å². The van der Waals surface area contributed by atoms with Crippen molar-refractivity contribution >= 4 is 27.8 Å². The first-order valence-electron chi connectivity index (χ1n) is 5.86. The van der Waals surface area contributed by atoms with Crippen molar-refractivity contribution in [3.63, 3.8) is 0 Å². The molecule has 0 aromatic carbocycles. The van der Waals surface area contributed by atoms with Crippen LogP contribution in [0, 0.1) is 0 Å². The Morgan fingerprint density at radius 3 is 2.95 bits per heavy atom. The highest BCUT2D eigenvalue weighted by molar-refractivity contribution is 6.06. The van der Waals surface area contributed by atoms with Crippen molar-refractivity contribution < 1.29 is 9.90 Å². The number of fused-ring (bicyclic) bond motifs is 3. The molecule has 2 N–H and O–H groups in total. The van der Waals surface area contributed by atoms with E-state index in [0.29, 0.717) is 22.8 Å². The van der Waals surface area contributed by atoms with E-state index >= 15 is 0 Å². The molecule has 0 unspecified atom stereocenters. The molecule has 0 spiro atoms. The minimum absolute atomic E-state index is 0.164. The molecule has 0 amide bonds. The molecule has 0 saturated heterocycles. The first-order valence-corrected chi connectivity index (χ1v) is 5.86. The maximum atomic E-state index is 11.9. The maximum absolute atomic E-state index is 11.9. The van der Waals surface area contributed by atoms with Crippen LogP contribution in [0.3, 0.4) is 0 Å². The van der Waals surface area contributed by atoms with Gasteiger partial charge < -0.3 is 14.7 Å². The predicted octanol–water partition coefficient (Wildman–Crippen LogP) is 1.60. The van der Waals surface area contributed by atoms with Crippen molar-refractivity contribution in [2.75, 3.05) is 0 Å². The number of carboxylic acid groups (broad SMARTS) is 1. The number of hydrogen-bond donors (Lipinski definition) is 2. The van der Waals surface area contributed by atoms with Crippen LogP contribution < -0.4 is 5.56 Å². The number of carbonyl (C=O) groups is 1. The largest absolute Gasteiger partial charge is 0.477 e. The number of aromatic carboxylic acids is 1. The van der Waals surface area contributed by atoms with Gasteiger partial charge >= 0.3 is 5.97 Å². The standard InChI is InChI=1S/C13H11N3O3/c1-2-16-10(13(18)19)5-9-11(16)7-3-4-14-6-8(7)12(17)15-9/h3-6H,2H2,1H3,(H,15,17)(H,18,19). The highest BCUT2D eigenvalue weighted by Gasteiger charge is 2.17. The fraction of sp³-hybridized carbons (Fsp3) is 0.154. The molecular formula is C13H11N3O3. The summed E-state index contributed by atoms with van der Waals surface area (Å²) in [4.78, 5) is 29.8. The van der Waals surface area contributed by atoms with Crippen LogP contribution in [0.15, 0.2) is 29.3 Å². The summed E-state index contributed by atoms with van der Waals surface area (Å²) in [5.41, 5.74) is 1.15. The molecule has 96 valence electrons. The van der Waals surface area contributed by atoms with Crippen molar-refractivity contribution in [1.29, 1.82) is 0 Å². The average molecular weight is 257 g/mol. The Bertz CT molecular complexity index is 861. The van der Waals surface area contributed by atoms with Crippen LogP contribution in [0.5, 0.6) is 0 Å². The van der Waals surface area contributed by atoms with Gasteiger partial charge in [-0.25, -0.2) is 4.79 Å². The molecule has 0 saturated carbocycles. The highest BCUT2D eigenvalue weighted by atomic mass is 16.4. The van der Waals surface area contributed by atoms with E-state index in [0.717, 1.165) is 5.52 Å². The average Bonchev–Trinajstić information content (AvgIpc) is 2.77. The van der Waals surface area contributed by atoms with Gasteiger partial charge in [0.15, 0.2) is 0 Å². The summed E-state index contributed by atoms with van der Waals surface area (Å²) in [6.45, 7) is 2.37. The zero-order valence-corrected chi connectivity index (χ0v) is 10.2. The highest BCUT2D eigenvalue weighted by Crippen LogP contribution is 2.24. The fourth-order valence-electron chi connectivity index (χ4n) is 2.41. The second kappa shape index (κ2) is 3.94. The first kappa shape index (κ1) is 11.5. The van der Waals surface area contributed by atoms with E-state index < -0.39 is 5.97 Å². The third kappa shape index (κ3) is 1.53. The molecule has 3 rings (SSSR count). The molecule has 6 nitrogen and oxygen atoms in total. The number of nitrogens with one attached hydrogen (secondary N) is 1. The van der Waals surface area contributed by atoms with E-state index in [1.165, 1.54) is 12.3 Å². The molecule has 0 fully saturated rings. The Kier molecular flexibility index (Phi) is 2.38. The number of aromatic amines is 1. The Balaban J connectivity index is 2.60. The van der Waals surface area contributed by atoms with Crippen LogP contribution in [0.2, 0.25) is 0 Å². The lowest BCUT2D eigenvalue weighted by atomic mass is 10.2. The molecule has 0 aliphatic rings. The van der Waals surface area contributed by atoms with Crippen LogP contribution >= 0.6 is 0 Å². The molecule has 0 aliphatic carbocycles. The summed E-state index contributed by atoms with van der Waals surface area (Å²) in [5.74, 6) is -1.01. The zero-order chi connectivity index (χ0) is 13.6. The van der Waals surface area contributed by atoms with E-state index in [-0.39, 0.29) is 11.3 Å². The lowest BCUT2D eigenvalue weighted by Crippen LogP contribution is -2.09. The number of carboxylic acids is 1. The molecule has 0 atom stereocenters. The number of aromatic nitrogens is 3. The molecule has 0 radical (unpaired) electrons. The third-order valence-electron chi connectivity index (χ3n) is 3.20. The van der Waals surface area contributed by atoms with Gasteiger partial charge in [0.2, 0.25) is 0 Å². The minimum atomic E-state index is -1.01. The number of rotatable bonds is 2. The molecule has 3 aromatic rings. The van der Waals surface area contributed by atoms with E-state index in [1.807, 2.05) is 6.92 Å². The fourth-order valence-corrected chi connectivity index (χ4v) is 2.41. The summed E-state index contributed by atoms with van der Waals surface area (Å²) in [6.07, 6.45) is 3.08. The van der Waals surface area contributed by atoms with Crippen molar-refractivity contribution in [1.82, 2.24) is 14.5 Å². The molecule has 19 heavy (non-hydrogen) atoms. The van der Waals surface area contributed by atoms with Crippen LogP contribution in [-0.4, -0.2) is 25.6 Å². The summed E-state index contributed by atoms with van der Waals surface area (Å²) < 4.78 is 1.68. The van der Waals surface area contributed by atoms with Crippen molar-refractivity contribution in [2.45, 2.75) is 13.5 Å². The van der Waals surface area contributed by atoms with Gasteiger partial charge in [-0.3, -0.25) is 9.78 Å². The topological polar surface area (TPSA) is 88.0 Å². The normalized spacial score (nSPS) is 11.2.